The molecule has 0 bridgehead atoms. The molecular weight excluding hydrogens is 260 g/mol. The summed E-state index contributed by atoms with van der Waals surface area (Å²) in [6.45, 7) is 4.41. The molecule has 0 aliphatic carbocycles. The molecule has 0 saturated carbocycles. The Morgan fingerprint density at radius 3 is 2.79 bits per heavy atom. The van der Waals surface area contributed by atoms with Crippen LogP contribution in [-0.2, 0) is 0 Å². The number of unbranched alkanes of at least 4 members (excludes halogenated alkanes) is 2. The topological polar surface area (TPSA) is 55.2 Å². The summed E-state index contributed by atoms with van der Waals surface area (Å²) in [7, 11) is 0. The first-order chi connectivity index (χ1) is 9.15. The lowest BCUT2D eigenvalue weighted by Crippen LogP contribution is -2.05. The van der Waals surface area contributed by atoms with E-state index in [1.807, 2.05) is 17.8 Å². The number of nitrogens with zero attached hydrogens (tertiary/aromatic N) is 1. The highest BCUT2D eigenvalue weighted by Crippen LogP contribution is 2.25. The molecule has 5 heteroatoms. The van der Waals surface area contributed by atoms with E-state index in [-0.39, 0.29) is 10.6 Å². The lowest BCUT2D eigenvalue weighted by atomic mass is 10.2. The van der Waals surface area contributed by atoms with Crippen molar-refractivity contribution in [2.24, 2.45) is 0 Å². The van der Waals surface area contributed by atoms with Crippen LogP contribution in [-0.4, -0.2) is 16.1 Å². The molecule has 106 valence electrons. The van der Waals surface area contributed by atoms with Gasteiger partial charge in [0.15, 0.2) is 0 Å². The minimum absolute atomic E-state index is 0.140. The molecule has 4 nitrogen and oxygen atoms in total. The van der Waals surface area contributed by atoms with E-state index in [1.54, 1.807) is 12.1 Å². The van der Waals surface area contributed by atoms with Crippen molar-refractivity contribution in [3.8, 4) is 0 Å². The van der Waals surface area contributed by atoms with Crippen LogP contribution in [0.3, 0.4) is 0 Å². The zero-order valence-corrected chi connectivity index (χ0v) is 12.4. The number of hydrogen-bond donors (Lipinski definition) is 1. The minimum Gasteiger partial charge on any atom is -0.370 e. The van der Waals surface area contributed by atoms with Gasteiger partial charge < -0.3 is 5.32 Å². The second-order valence-corrected chi connectivity index (χ2v) is 6.00. The quantitative estimate of drug-likeness (QED) is 0.309. The van der Waals surface area contributed by atoms with Crippen molar-refractivity contribution in [1.29, 1.82) is 0 Å². The maximum atomic E-state index is 10.9. The summed E-state index contributed by atoms with van der Waals surface area (Å²) in [5, 5.41) is 14.6. The van der Waals surface area contributed by atoms with Crippen LogP contribution >= 0.6 is 11.8 Å². The van der Waals surface area contributed by atoms with Crippen molar-refractivity contribution in [2.75, 3.05) is 11.2 Å². The summed E-state index contributed by atoms with van der Waals surface area (Å²) < 4.78 is 0. The Morgan fingerprint density at radius 1 is 1.37 bits per heavy atom. The second kappa shape index (κ2) is 8.80. The summed E-state index contributed by atoms with van der Waals surface area (Å²) in [6.07, 6.45) is 4.99. The van der Waals surface area contributed by atoms with Gasteiger partial charge in [0, 0.05) is 11.3 Å². The summed E-state index contributed by atoms with van der Waals surface area (Å²) in [5.41, 5.74) is 0.738. The SMILES string of the molecule is CCCCC[C@H](C)SCNc1ccccc1[N+](=O)[O-]. The van der Waals surface area contributed by atoms with Gasteiger partial charge >= 0.3 is 0 Å². The van der Waals surface area contributed by atoms with Crippen LogP contribution in [0.1, 0.15) is 39.5 Å². The largest absolute Gasteiger partial charge is 0.370 e. The number of hydrogen-bond acceptors (Lipinski definition) is 4. The lowest BCUT2D eigenvalue weighted by Gasteiger charge is -2.12. The number of thioether (sulfide) groups is 1. The van der Waals surface area contributed by atoms with Gasteiger partial charge in [0.05, 0.1) is 10.8 Å². The molecule has 0 amide bonds. The first kappa shape index (κ1) is 15.8. The normalized spacial score (nSPS) is 12.1. The number of para-hydroxylation sites is 2. The number of nitro groups is 1. The molecule has 1 N–H and O–H groups in total. The molecule has 1 aromatic rings. The average molecular weight is 282 g/mol. The van der Waals surface area contributed by atoms with Gasteiger partial charge in [0.2, 0.25) is 0 Å². The average Bonchev–Trinajstić information content (AvgIpc) is 2.39. The van der Waals surface area contributed by atoms with Gasteiger partial charge in [-0.1, -0.05) is 45.2 Å². The summed E-state index contributed by atoms with van der Waals surface area (Å²) in [5.74, 6) is 0.706. The fourth-order valence-electron chi connectivity index (χ4n) is 1.81. The van der Waals surface area contributed by atoms with Gasteiger partial charge in [-0.2, -0.15) is 0 Å². The fourth-order valence-corrected chi connectivity index (χ4v) is 2.67. The van der Waals surface area contributed by atoms with E-state index >= 15 is 0 Å². The fraction of sp³-hybridized carbons (Fsp3) is 0.571. The van der Waals surface area contributed by atoms with Gasteiger partial charge in [-0.3, -0.25) is 10.1 Å². The minimum atomic E-state index is -0.350. The molecule has 0 heterocycles. The Labute approximate surface area is 119 Å². The molecule has 0 fully saturated rings. The molecule has 1 aromatic carbocycles. The predicted molar refractivity (Wildman–Crippen MR) is 82.8 cm³/mol. The molecule has 0 aromatic heterocycles. The predicted octanol–water partition coefficient (Wildman–Crippen LogP) is 4.67. The molecule has 0 spiro atoms. The number of anilines is 1. The van der Waals surface area contributed by atoms with Gasteiger partial charge in [0.1, 0.15) is 5.69 Å². The van der Waals surface area contributed by atoms with Crippen LogP contribution in [0.25, 0.3) is 0 Å². The molecule has 0 saturated heterocycles. The summed E-state index contributed by atoms with van der Waals surface area (Å²) in [4.78, 5) is 10.5. The lowest BCUT2D eigenvalue weighted by molar-refractivity contribution is -0.383. The van der Waals surface area contributed by atoms with Crippen LogP contribution < -0.4 is 5.32 Å². The molecule has 0 aliphatic heterocycles. The summed E-state index contributed by atoms with van der Waals surface area (Å²) >= 11 is 1.81. The molecule has 1 rings (SSSR count). The van der Waals surface area contributed by atoms with Crippen molar-refractivity contribution in [3.05, 3.63) is 34.4 Å². The third-order valence-electron chi connectivity index (χ3n) is 2.95. The van der Waals surface area contributed by atoms with Crippen molar-refractivity contribution < 1.29 is 4.92 Å². The first-order valence-corrected chi connectivity index (χ1v) is 7.79. The highest BCUT2D eigenvalue weighted by molar-refractivity contribution is 7.99. The van der Waals surface area contributed by atoms with Gasteiger partial charge in [-0.15, -0.1) is 11.8 Å². The monoisotopic (exact) mass is 282 g/mol. The first-order valence-electron chi connectivity index (χ1n) is 6.74. The van der Waals surface area contributed by atoms with E-state index in [0.29, 0.717) is 16.8 Å². The van der Waals surface area contributed by atoms with Gasteiger partial charge in [-0.05, 0) is 12.5 Å². The Bertz CT molecular complexity index is 399. The standard InChI is InChI=1S/C14H22N2O2S/c1-3-4-5-8-12(2)19-11-15-13-9-6-7-10-14(13)16(17)18/h6-7,9-10,12,15H,3-5,8,11H2,1-2H3/t12-/m0/s1. The van der Waals surface area contributed by atoms with Crippen molar-refractivity contribution in [1.82, 2.24) is 0 Å². The van der Waals surface area contributed by atoms with Crippen LogP contribution in [0.4, 0.5) is 11.4 Å². The molecule has 19 heavy (non-hydrogen) atoms. The van der Waals surface area contributed by atoms with E-state index in [1.165, 1.54) is 31.7 Å². The molecular formula is C14H22N2O2S. The van der Waals surface area contributed by atoms with Crippen LogP contribution in [0, 0.1) is 10.1 Å². The number of nitro benzene ring substituents is 1. The second-order valence-electron chi connectivity index (χ2n) is 4.57. The van der Waals surface area contributed by atoms with Crippen LogP contribution in [0.2, 0.25) is 0 Å². The summed E-state index contributed by atoms with van der Waals surface area (Å²) in [6, 6.07) is 6.77. The maximum Gasteiger partial charge on any atom is 0.292 e. The number of rotatable bonds is 9. The smallest absolute Gasteiger partial charge is 0.292 e. The van der Waals surface area contributed by atoms with Gasteiger partial charge in [0.25, 0.3) is 5.69 Å². The van der Waals surface area contributed by atoms with Crippen LogP contribution in [0.15, 0.2) is 24.3 Å². The highest BCUT2D eigenvalue weighted by atomic mass is 32.2. The zero-order valence-electron chi connectivity index (χ0n) is 11.6. The third kappa shape index (κ3) is 5.96. The van der Waals surface area contributed by atoms with Crippen molar-refractivity contribution in [3.63, 3.8) is 0 Å². The van der Waals surface area contributed by atoms with E-state index in [2.05, 4.69) is 19.2 Å². The highest BCUT2D eigenvalue weighted by Gasteiger charge is 2.11. The van der Waals surface area contributed by atoms with E-state index in [4.69, 9.17) is 0 Å². The van der Waals surface area contributed by atoms with Gasteiger partial charge in [-0.25, -0.2) is 0 Å². The van der Waals surface area contributed by atoms with E-state index in [9.17, 15) is 10.1 Å². The molecule has 0 radical (unpaired) electrons. The third-order valence-corrected chi connectivity index (χ3v) is 4.06. The Kier molecular flexibility index (Phi) is 7.33. The number of nitrogens with one attached hydrogen (secondary N) is 1. The van der Waals surface area contributed by atoms with Crippen LogP contribution in [0.5, 0.6) is 0 Å². The number of benzene rings is 1. The van der Waals surface area contributed by atoms with E-state index < -0.39 is 0 Å². The molecule has 1 atom stereocenters. The maximum absolute atomic E-state index is 10.9. The molecule has 0 unspecified atom stereocenters. The Morgan fingerprint density at radius 2 is 2.11 bits per heavy atom. The Balaban J connectivity index is 2.35. The van der Waals surface area contributed by atoms with Crippen molar-refractivity contribution >= 4 is 23.1 Å². The van der Waals surface area contributed by atoms with Crippen molar-refractivity contribution in [2.45, 2.75) is 44.8 Å². The van der Waals surface area contributed by atoms with E-state index in [0.717, 1.165) is 0 Å². The zero-order chi connectivity index (χ0) is 14.1. The Hall–Kier alpha value is -1.23. The molecule has 0 aliphatic rings.